The molecule has 1 aromatic carbocycles. The van der Waals surface area contributed by atoms with Gasteiger partial charge in [0.1, 0.15) is 5.75 Å². The Balaban J connectivity index is 0.00000264. The van der Waals surface area contributed by atoms with Crippen LogP contribution in [0.5, 0.6) is 5.75 Å². The first-order valence-corrected chi connectivity index (χ1v) is 8.39. The molecule has 1 amide bonds. The van der Waals surface area contributed by atoms with Gasteiger partial charge in [-0.15, -0.1) is 12.4 Å². The van der Waals surface area contributed by atoms with Crippen molar-refractivity contribution in [1.82, 2.24) is 10.2 Å². The van der Waals surface area contributed by atoms with Gasteiger partial charge in [-0.1, -0.05) is 19.1 Å². The van der Waals surface area contributed by atoms with Crippen LogP contribution in [-0.2, 0) is 11.2 Å². The molecule has 1 saturated heterocycles. The molecular formula is C18H29ClN2O2. The van der Waals surface area contributed by atoms with Gasteiger partial charge >= 0.3 is 0 Å². The monoisotopic (exact) mass is 340 g/mol. The van der Waals surface area contributed by atoms with Crippen molar-refractivity contribution in [2.45, 2.75) is 45.1 Å². The Morgan fingerprint density at radius 3 is 2.74 bits per heavy atom. The largest absolute Gasteiger partial charge is 0.494 e. The molecule has 5 heteroatoms. The number of ether oxygens (including phenoxy) is 1. The summed E-state index contributed by atoms with van der Waals surface area (Å²) in [5, 5.41) is 3.28. The second-order valence-corrected chi connectivity index (χ2v) is 5.96. The number of carbonyl (C=O) groups is 1. The van der Waals surface area contributed by atoms with Crippen LogP contribution in [0.4, 0.5) is 0 Å². The van der Waals surface area contributed by atoms with Crippen LogP contribution < -0.4 is 10.1 Å². The average molecular weight is 341 g/mol. The van der Waals surface area contributed by atoms with Gasteiger partial charge in [0.05, 0.1) is 6.61 Å². The molecule has 0 radical (unpaired) electrons. The Kier molecular flexibility index (Phi) is 9.03. The lowest BCUT2D eigenvalue weighted by Crippen LogP contribution is -2.47. The van der Waals surface area contributed by atoms with E-state index in [1.807, 2.05) is 24.1 Å². The number of likely N-dealkylation sites (N-methyl/N-ethyl adjacent to an activating group) is 1. The molecule has 1 aliphatic rings. The van der Waals surface area contributed by atoms with E-state index in [1.165, 1.54) is 12.0 Å². The smallest absolute Gasteiger partial charge is 0.222 e. The number of carbonyl (C=O) groups excluding carboxylic acids is 1. The molecule has 23 heavy (non-hydrogen) atoms. The third-order valence-corrected chi connectivity index (χ3v) is 4.21. The van der Waals surface area contributed by atoms with Crippen molar-refractivity contribution in [3.63, 3.8) is 0 Å². The van der Waals surface area contributed by atoms with Gasteiger partial charge < -0.3 is 15.0 Å². The quantitative estimate of drug-likeness (QED) is 0.829. The highest BCUT2D eigenvalue weighted by molar-refractivity contribution is 5.85. The van der Waals surface area contributed by atoms with Gasteiger partial charge in [0.2, 0.25) is 5.91 Å². The van der Waals surface area contributed by atoms with E-state index in [-0.39, 0.29) is 18.3 Å². The topological polar surface area (TPSA) is 41.6 Å². The first-order valence-electron chi connectivity index (χ1n) is 8.39. The number of likely N-dealkylation sites (tertiary alicyclic amines) is 1. The first kappa shape index (κ1) is 19.8. The van der Waals surface area contributed by atoms with Crippen LogP contribution >= 0.6 is 12.4 Å². The van der Waals surface area contributed by atoms with E-state index in [2.05, 4.69) is 24.4 Å². The number of aryl methyl sites for hydroxylation is 1. The highest BCUT2D eigenvalue weighted by Gasteiger charge is 2.21. The molecule has 1 unspecified atom stereocenters. The Hall–Kier alpha value is -1.26. The normalized spacial score (nSPS) is 17.5. The third kappa shape index (κ3) is 6.40. The van der Waals surface area contributed by atoms with Crippen LogP contribution in [0.1, 0.15) is 38.2 Å². The molecule has 0 spiro atoms. The maximum absolute atomic E-state index is 12.3. The molecule has 0 aliphatic carbocycles. The van der Waals surface area contributed by atoms with E-state index in [9.17, 15) is 4.79 Å². The summed E-state index contributed by atoms with van der Waals surface area (Å²) >= 11 is 0. The number of nitrogens with one attached hydrogen (secondary N) is 1. The standard InChI is InChI=1S/C18H28N2O2.ClH/c1-3-13-22-17-9-6-15(7-10-17)8-11-18(21)20-12-4-5-16(14-20)19-2;/h6-7,9-10,16,19H,3-5,8,11-14H2,1-2H3;1H. The Labute approximate surface area is 146 Å². The lowest BCUT2D eigenvalue weighted by Gasteiger charge is -2.32. The molecule has 1 heterocycles. The number of nitrogens with zero attached hydrogens (tertiary/aromatic N) is 1. The molecule has 0 aromatic heterocycles. The number of hydrogen-bond acceptors (Lipinski definition) is 3. The van der Waals surface area contributed by atoms with E-state index in [0.29, 0.717) is 12.5 Å². The predicted octanol–water partition coefficient (Wildman–Crippen LogP) is 3.04. The van der Waals surface area contributed by atoms with Crippen molar-refractivity contribution in [1.29, 1.82) is 0 Å². The Bertz CT molecular complexity index is 465. The summed E-state index contributed by atoms with van der Waals surface area (Å²) in [5.41, 5.74) is 1.19. The SMILES string of the molecule is CCCOc1ccc(CCC(=O)N2CCCC(NC)C2)cc1.Cl. The van der Waals surface area contributed by atoms with E-state index < -0.39 is 0 Å². The van der Waals surface area contributed by atoms with Gasteiger partial charge in [-0.3, -0.25) is 4.79 Å². The lowest BCUT2D eigenvalue weighted by atomic mass is 10.0. The van der Waals surface area contributed by atoms with Gasteiger partial charge in [-0.05, 0) is 50.4 Å². The van der Waals surface area contributed by atoms with Gasteiger partial charge in [0.15, 0.2) is 0 Å². The fourth-order valence-corrected chi connectivity index (χ4v) is 2.82. The van der Waals surface area contributed by atoms with Gasteiger partial charge in [0, 0.05) is 25.6 Å². The Morgan fingerprint density at radius 1 is 1.35 bits per heavy atom. The van der Waals surface area contributed by atoms with E-state index in [1.54, 1.807) is 0 Å². The van der Waals surface area contributed by atoms with E-state index in [4.69, 9.17) is 4.74 Å². The summed E-state index contributed by atoms with van der Waals surface area (Å²) in [7, 11) is 1.97. The summed E-state index contributed by atoms with van der Waals surface area (Å²) in [6, 6.07) is 8.56. The lowest BCUT2D eigenvalue weighted by molar-refractivity contribution is -0.132. The minimum Gasteiger partial charge on any atom is -0.494 e. The highest BCUT2D eigenvalue weighted by atomic mass is 35.5. The van der Waals surface area contributed by atoms with Gasteiger partial charge in [-0.25, -0.2) is 0 Å². The van der Waals surface area contributed by atoms with Crippen molar-refractivity contribution in [2.75, 3.05) is 26.7 Å². The number of rotatable bonds is 7. The van der Waals surface area contributed by atoms with Crippen LogP contribution in [0, 0.1) is 0 Å². The number of hydrogen-bond donors (Lipinski definition) is 1. The minimum absolute atomic E-state index is 0. The zero-order chi connectivity index (χ0) is 15.8. The zero-order valence-corrected chi connectivity index (χ0v) is 15.0. The fourth-order valence-electron chi connectivity index (χ4n) is 2.82. The van der Waals surface area contributed by atoms with Crippen molar-refractivity contribution in [3.05, 3.63) is 29.8 Å². The second-order valence-electron chi connectivity index (χ2n) is 5.96. The molecule has 1 aromatic rings. The van der Waals surface area contributed by atoms with Crippen LogP contribution in [0.2, 0.25) is 0 Å². The molecule has 4 nitrogen and oxygen atoms in total. The number of piperidine rings is 1. The third-order valence-electron chi connectivity index (χ3n) is 4.21. The Morgan fingerprint density at radius 2 is 2.09 bits per heavy atom. The second kappa shape index (κ2) is 10.5. The molecule has 1 fully saturated rings. The summed E-state index contributed by atoms with van der Waals surface area (Å²) in [6.45, 7) is 4.60. The highest BCUT2D eigenvalue weighted by Crippen LogP contribution is 2.15. The van der Waals surface area contributed by atoms with E-state index >= 15 is 0 Å². The molecule has 0 saturated carbocycles. The van der Waals surface area contributed by atoms with Crippen LogP contribution in [-0.4, -0.2) is 43.6 Å². The minimum atomic E-state index is 0. The van der Waals surface area contributed by atoms with Crippen LogP contribution in [0.15, 0.2) is 24.3 Å². The van der Waals surface area contributed by atoms with Gasteiger partial charge in [0.25, 0.3) is 0 Å². The summed E-state index contributed by atoms with van der Waals surface area (Å²) in [5.74, 6) is 1.18. The predicted molar refractivity (Wildman–Crippen MR) is 96.5 cm³/mol. The number of benzene rings is 1. The number of halogens is 1. The van der Waals surface area contributed by atoms with E-state index in [0.717, 1.165) is 44.7 Å². The van der Waals surface area contributed by atoms with Gasteiger partial charge in [-0.2, -0.15) is 0 Å². The van der Waals surface area contributed by atoms with Crippen molar-refractivity contribution < 1.29 is 9.53 Å². The average Bonchev–Trinajstić information content (AvgIpc) is 2.58. The zero-order valence-electron chi connectivity index (χ0n) is 14.2. The van der Waals surface area contributed by atoms with Crippen molar-refractivity contribution in [3.8, 4) is 5.75 Å². The van der Waals surface area contributed by atoms with Crippen LogP contribution in [0.3, 0.4) is 0 Å². The molecular weight excluding hydrogens is 312 g/mol. The molecule has 130 valence electrons. The summed E-state index contributed by atoms with van der Waals surface area (Å²) in [4.78, 5) is 14.3. The van der Waals surface area contributed by atoms with Crippen molar-refractivity contribution in [2.24, 2.45) is 0 Å². The summed E-state index contributed by atoms with van der Waals surface area (Å²) < 4.78 is 5.57. The first-order chi connectivity index (χ1) is 10.7. The number of amides is 1. The molecule has 1 atom stereocenters. The van der Waals surface area contributed by atoms with Crippen LogP contribution in [0.25, 0.3) is 0 Å². The van der Waals surface area contributed by atoms with Crippen molar-refractivity contribution >= 4 is 18.3 Å². The maximum Gasteiger partial charge on any atom is 0.222 e. The molecule has 1 N–H and O–H groups in total. The molecule has 0 bridgehead atoms. The maximum atomic E-state index is 12.3. The summed E-state index contributed by atoms with van der Waals surface area (Å²) in [6.07, 6.45) is 4.67. The molecule has 1 aliphatic heterocycles. The fraction of sp³-hybridized carbons (Fsp3) is 0.611. The molecule has 2 rings (SSSR count).